The first-order valence-electron chi connectivity index (χ1n) is 5.55. The smallest absolute Gasteiger partial charge is 0.152 e. The maximum atomic E-state index is 5.52. The molecule has 0 saturated heterocycles. The molecule has 0 radical (unpaired) electrons. The van der Waals surface area contributed by atoms with Crippen LogP contribution in [0.3, 0.4) is 0 Å². The first-order valence-corrected chi connectivity index (χ1v) is 5.55. The summed E-state index contributed by atoms with van der Waals surface area (Å²) in [6.45, 7) is 2.95. The third-order valence-electron chi connectivity index (χ3n) is 2.47. The molecule has 2 N–H and O–H groups in total. The van der Waals surface area contributed by atoms with Gasteiger partial charge in [-0.25, -0.2) is 4.98 Å². The second-order valence-corrected chi connectivity index (χ2v) is 3.86. The zero-order valence-corrected chi connectivity index (χ0v) is 9.71. The van der Waals surface area contributed by atoms with Gasteiger partial charge in [0.2, 0.25) is 0 Å². The number of hydrogen-bond acceptors (Lipinski definition) is 3. The highest BCUT2D eigenvalue weighted by Gasteiger charge is 2.06. The van der Waals surface area contributed by atoms with Crippen LogP contribution in [0.1, 0.15) is 18.0 Å². The van der Waals surface area contributed by atoms with Crippen LogP contribution in [0.15, 0.2) is 22.7 Å². The zero-order valence-electron chi connectivity index (χ0n) is 9.71. The van der Waals surface area contributed by atoms with Crippen LogP contribution in [-0.2, 0) is 6.42 Å². The number of aromatic nitrogens is 2. The normalized spacial score (nSPS) is 10.9. The Labute approximate surface area is 95.1 Å². The van der Waals surface area contributed by atoms with E-state index in [2.05, 4.69) is 15.3 Å². The van der Waals surface area contributed by atoms with Crippen LogP contribution in [0.5, 0.6) is 0 Å². The third kappa shape index (κ3) is 2.52. The van der Waals surface area contributed by atoms with Gasteiger partial charge in [0.15, 0.2) is 5.76 Å². The van der Waals surface area contributed by atoms with Crippen molar-refractivity contribution in [2.45, 2.75) is 19.8 Å². The number of nitrogens with zero attached hydrogens (tertiary/aromatic N) is 1. The van der Waals surface area contributed by atoms with Crippen LogP contribution in [-0.4, -0.2) is 23.6 Å². The Kier molecular flexibility index (Phi) is 3.41. The molecule has 0 fully saturated rings. The fourth-order valence-electron chi connectivity index (χ4n) is 1.63. The Morgan fingerprint density at radius 1 is 1.44 bits per heavy atom. The lowest BCUT2D eigenvalue weighted by molar-refractivity contribution is 0.546. The molecule has 0 amide bonds. The van der Waals surface area contributed by atoms with Crippen molar-refractivity contribution in [1.29, 1.82) is 0 Å². The third-order valence-corrected chi connectivity index (χ3v) is 2.47. The minimum Gasteiger partial charge on any atom is -0.460 e. The highest BCUT2D eigenvalue weighted by atomic mass is 16.3. The fourth-order valence-corrected chi connectivity index (χ4v) is 1.63. The van der Waals surface area contributed by atoms with Gasteiger partial charge in [-0.15, -0.1) is 0 Å². The summed E-state index contributed by atoms with van der Waals surface area (Å²) in [5.41, 5.74) is 0.951. The van der Waals surface area contributed by atoms with Gasteiger partial charge in [-0.2, -0.15) is 0 Å². The summed E-state index contributed by atoms with van der Waals surface area (Å²) < 4.78 is 5.52. The number of nitrogens with one attached hydrogen (secondary N) is 2. The zero-order chi connectivity index (χ0) is 11.4. The Morgan fingerprint density at radius 3 is 3.00 bits per heavy atom. The second-order valence-electron chi connectivity index (χ2n) is 3.86. The van der Waals surface area contributed by atoms with Crippen molar-refractivity contribution in [3.63, 3.8) is 0 Å². The summed E-state index contributed by atoms with van der Waals surface area (Å²) in [4.78, 5) is 7.60. The van der Waals surface area contributed by atoms with E-state index in [0.29, 0.717) is 0 Å². The molecule has 2 heterocycles. The van der Waals surface area contributed by atoms with Crippen molar-refractivity contribution in [2.75, 3.05) is 13.6 Å². The first-order chi connectivity index (χ1) is 7.79. The first kappa shape index (κ1) is 11.0. The summed E-state index contributed by atoms with van der Waals surface area (Å²) in [6, 6.07) is 3.91. The Morgan fingerprint density at radius 2 is 2.31 bits per heavy atom. The van der Waals surface area contributed by atoms with Crippen LogP contribution in [0, 0.1) is 6.92 Å². The summed E-state index contributed by atoms with van der Waals surface area (Å²) in [5.74, 6) is 2.78. The number of rotatable bonds is 5. The minimum absolute atomic E-state index is 0.852. The second kappa shape index (κ2) is 4.99. The van der Waals surface area contributed by atoms with Gasteiger partial charge in [-0.1, -0.05) is 0 Å². The molecule has 0 aromatic carbocycles. The molecule has 16 heavy (non-hydrogen) atoms. The van der Waals surface area contributed by atoms with Gasteiger partial charge in [0.25, 0.3) is 0 Å². The summed E-state index contributed by atoms with van der Waals surface area (Å²) in [7, 11) is 1.96. The average Bonchev–Trinajstić information content (AvgIpc) is 2.87. The van der Waals surface area contributed by atoms with E-state index in [1.807, 2.05) is 32.3 Å². The van der Waals surface area contributed by atoms with Gasteiger partial charge in [0.1, 0.15) is 17.3 Å². The van der Waals surface area contributed by atoms with Crippen LogP contribution in [0.4, 0.5) is 0 Å². The topological polar surface area (TPSA) is 53.9 Å². The van der Waals surface area contributed by atoms with E-state index >= 15 is 0 Å². The number of aryl methyl sites for hydroxylation is 2. The average molecular weight is 219 g/mol. The molecule has 0 unspecified atom stereocenters. The molecule has 0 aliphatic heterocycles. The molecule has 86 valence electrons. The summed E-state index contributed by atoms with van der Waals surface area (Å²) in [5, 5.41) is 3.12. The number of furan rings is 1. The SMILES string of the molecule is CNCCCc1ncc(-c2ccc(C)o2)[nH]1. The molecule has 0 saturated carbocycles. The van der Waals surface area contributed by atoms with E-state index in [0.717, 1.165) is 42.4 Å². The molecule has 2 rings (SSSR count). The van der Waals surface area contributed by atoms with Crippen molar-refractivity contribution < 1.29 is 4.42 Å². The Balaban J connectivity index is 2.02. The van der Waals surface area contributed by atoms with Crippen molar-refractivity contribution in [3.8, 4) is 11.5 Å². The largest absolute Gasteiger partial charge is 0.460 e. The van der Waals surface area contributed by atoms with E-state index in [4.69, 9.17) is 4.42 Å². The molecule has 4 heteroatoms. The molecule has 2 aromatic rings. The molecular formula is C12H17N3O. The molecule has 4 nitrogen and oxygen atoms in total. The molecule has 0 spiro atoms. The molecule has 0 aliphatic carbocycles. The Hall–Kier alpha value is -1.55. The van der Waals surface area contributed by atoms with Gasteiger partial charge >= 0.3 is 0 Å². The molecule has 2 aromatic heterocycles. The highest BCUT2D eigenvalue weighted by Crippen LogP contribution is 2.19. The minimum atomic E-state index is 0.852. The van der Waals surface area contributed by atoms with Gasteiger partial charge in [0, 0.05) is 6.42 Å². The predicted molar refractivity (Wildman–Crippen MR) is 63.3 cm³/mol. The van der Waals surface area contributed by atoms with E-state index < -0.39 is 0 Å². The summed E-state index contributed by atoms with van der Waals surface area (Å²) >= 11 is 0. The lowest BCUT2D eigenvalue weighted by Crippen LogP contribution is -2.08. The lowest BCUT2D eigenvalue weighted by atomic mass is 10.3. The van der Waals surface area contributed by atoms with Crippen molar-refractivity contribution in [3.05, 3.63) is 29.9 Å². The molecule has 0 atom stereocenters. The maximum absolute atomic E-state index is 5.52. The van der Waals surface area contributed by atoms with E-state index in [-0.39, 0.29) is 0 Å². The molecule has 0 bridgehead atoms. The standard InChI is InChI=1S/C12H17N3O/c1-9-5-6-11(16-9)10-8-14-12(15-10)4-3-7-13-2/h5-6,8,13H,3-4,7H2,1-2H3,(H,14,15). The van der Waals surface area contributed by atoms with E-state index in [1.165, 1.54) is 0 Å². The number of aromatic amines is 1. The van der Waals surface area contributed by atoms with Crippen LogP contribution >= 0.6 is 0 Å². The van der Waals surface area contributed by atoms with Crippen molar-refractivity contribution in [1.82, 2.24) is 15.3 Å². The van der Waals surface area contributed by atoms with Crippen LogP contribution in [0.25, 0.3) is 11.5 Å². The van der Waals surface area contributed by atoms with Gasteiger partial charge in [0.05, 0.1) is 6.20 Å². The fraction of sp³-hybridized carbons (Fsp3) is 0.417. The lowest BCUT2D eigenvalue weighted by Gasteiger charge is -1.96. The highest BCUT2D eigenvalue weighted by molar-refractivity contribution is 5.51. The Bertz CT molecular complexity index is 445. The molecular weight excluding hydrogens is 202 g/mol. The monoisotopic (exact) mass is 219 g/mol. The predicted octanol–water partition coefficient (Wildman–Crippen LogP) is 2.13. The van der Waals surface area contributed by atoms with Crippen LogP contribution in [0.2, 0.25) is 0 Å². The number of H-pyrrole nitrogens is 1. The van der Waals surface area contributed by atoms with E-state index in [9.17, 15) is 0 Å². The summed E-state index contributed by atoms with van der Waals surface area (Å²) in [6.07, 6.45) is 3.87. The molecule has 0 aliphatic rings. The van der Waals surface area contributed by atoms with Crippen molar-refractivity contribution in [2.24, 2.45) is 0 Å². The van der Waals surface area contributed by atoms with Gasteiger partial charge in [-0.3, -0.25) is 0 Å². The van der Waals surface area contributed by atoms with Gasteiger partial charge in [-0.05, 0) is 39.1 Å². The van der Waals surface area contributed by atoms with Gasteiger partial charge < -0.3 is 14.7 Å². The van der Waals surface area contributed by atoms with Crippen LogP contribution < -0.4 is 5.32 Å². The number of hydrogen-bond donors (Lipinski definition) is 2. The maximum Gasteiger partial charge on any atom is 0.152 e. The number of imidazole rings is 1. The van der Waals surface area contributed by atoms with Crippen molar-refractivity contribution >= 4 is 0 Å². The van der Waals surface area contributed by atoms with E-state index in [1.54, 1.807) is 0 Å². The quantitative estimate of drug-likeness (QED) is 0.757.